The van der Waals surface area contributed by atoms with Crippen LogP contribution < -0.4 is 16.6 Å². The summed E-state index contributed by atoms with van der Waals surface area (Å²) in [5.74, 6) is 0.257. The quantitative estimate of drug-likeness (QED) is 0.494. The fourth-order valence-electron chi connectivity index (χ4n) is 1.08. The van der Waals surface area contributed by atoms with Crippen LogP contribution in [0.15, 0.2) is 9.79 Å². The minimum Gasteiger partial charge on any atom is -0.369 e. The number of hydrogen-bond acceptors (Lipinski definition) is 6. The molecule has 0 saturated heterocycles. The molecule has 0 aliphatic rings. The molecule has 0 aliphatic carbocycles. The number of aliphatic imine (C=N–C) groups is 1. The number of carbonyl (C=O) groups excluding carboxylic acids is 1. The van der Waals surface area contributed by atoms with Gasteiger partial charge in [-0.25, -0.2) is 4.99 Å². The molecule has 0 unspecified atom stereocenters. The molecule has 0 bridgehead atoms. The van der Waals surface area contributed by atoms with Crippen molar-refractivity contribution in [2.24, 2.45) is 4.99 Å². The number of aldehydes is 1. The lowest BCUT2D eigenvalue weighted by molar-refractivity contribution is -0.102. The van der Waals surface area contributed by atoms with E-state index in [0.29, 0.717) is 6.29 Å². The van der Waals surface area contributed by atoms with Crippen LogP contribution in [0.4, 0.5) is 17.5 Å². The Kier molecular flexibility index (Phi) is 3.76. The van der Waals surface area contributed by atoms with E-state index in [2.05, 4.69) is 20.3 Å². The third kappa shape index (κ3) is 2.91. The molecular formula is C9H13N5O2. The van der Waals surface area contributed by atoms with Crippen LogP contribution in [0.25, 0.3) is 0 Å². The zero-order valence-corrected chi connectivity index (χ0v) is 9.02. The molecule has 0 amide bonds. The Bertz CT molecular complexity index is 463. The second kappa shape index (κ2) is 5.06. The number of anilines is 2. The van der Waals surface area contributed by atoms with Crippen molar-refractivity contribution in [3.05, 3.63) is 10.4 Å². The molecule has 0 fully saturated rings. The van der Waals surface area contributed by atoms with Crippen molar-refractivity contribution in [3.63, 3.8) is 0 Å². The average molecular weight is 223 g/mol. The van der Waals surface area contributed by atoms with E-state index < -0.39 is 5.56 Å². The number of aromatic nitrogens is 2. The summed E-state index contributed by atoms with van der Waals surface area (Å²) in [5, 5.41) is 2.92. The second-order valence-electron chi connectivity index (χ2n) is 3.36. The van der Waals surface area contributed by atoms with Gasteiger partial charge >= 0.3 is 0 Å². The summed E-state index contributed by atoms with van der Waals surface area (Å²) in [6, 6.07) is 0.0684. The van der Waals surface area contributed by atoms with Crippen LogP contribution in [0, 0.1) is 0 Å². The van der Waals surface area contributed by atoms with E-state index in [4.69, 9.17) is 5.73 Å². The van der Waals surface area contributed by atoms with Crippen molar-refractivity contribution in [2.75, 3.05) is 11.1 Å². The molecule has 86 valence electrons. The first-order chi connectivity index (χ1) is 7.54. The molecule has 1 heterocycles. The van der Waals surface area contributed by atoms with Crippen LogP contribution >= 0.6 is 0 Å². The van der Waals surface area contributed by atoms with E-state index in [1.165, 1.54) is 0 Å². The fraction of sp³-hybridized carbons (Fsp3) is 0.333. The van der Waals surface area contributed by atoms with Crippen molar-refractivity contribution in [1.82, 2.24) is 9.97 Å². The summed E-state index contributed by atoms with van der Waals surface area (Å²) in [6.45, 7) is 3.76. The Balaban J connectivity index is 3.26. The van der Waals surface area contributed by atoms with Crippen LogP contribution in [-0.4, -0.2) is 28.5 Å². The summed E-state index contributed by atoms with van der Waals surface area (Å²) in [4.78, 5) is 31.6. The highest BCUT2D eigenvalue weighted by molar-refractivity contribution is 6.13. The van der Waals surface area contributed by atoms with Crippen molar-refractivity contribution in [1.29, 1.82) is 0 Å². The Morgan fingerprint density at radius 1 is 1.56 bits per heavy atom. The van der Waals surface area contributed by atoms with Gasteiger partial charge in [0.05, 0.1) is 6.21 Å². The van der Waals surface area contributed by atoms with E-state index in [9.17, 15) is 9.59 Å². The molecule has 7 heteroatoms. The molecule has 1 aromatic heterocycles. The Morgan fingerprint density at radius 3 is 2.81 bits per heavy atom. The zero-order chi connectivity index (χ0) is 12.1. The zero-order valence-electron chi connectivity index (χ0n) is 9.02. The highest BCUT2D eigenvalue weighted by atomic mass is 16.1. The van der Waals surface area contributed by atoms with Crippen molar-refractivity contribution < 1.29 is 4.79 Å². The number of hydrogen-bond donors (Lipinski definition) is 3. The molecule has 0 spiro atoms. The maximum absolute atomic E-state index is 11.5. The topological polar surface area (TPSA) is 113 Å². The van der Waals surface area contributed by atoms with Crippen LogP contribution in [0.1, 0.15) is 13.8 Å². The molecule has 1 rings (SSSR count). The van der Waals surface area contributed by atoms with Crippen LogP contribution in [0.2, 0.25) is 0 Å². The summed E-state index contributed by atoms with van der Waals surface area (Å²) >= 11 is 0. The van der Waals surface area contributed by atoms with Gasteiger partial charge in [-0.3, -0.25) is 14.6 Å². The van der Waals surface area contributed by atoms with Gasteiger partial charge in [0.25, 0.3) is 5.56 Å². The third-order valence-corrected chi connectivity index (χ3v) is 1.60. The standard InChI is InChI=1S/C9H13N5O2/c1-5(2)12-7-6(11-3-4-15)8(16)14-9(10)13-7/h3-5H,1-2H3,(H4,10,12,13,14,16). The number of nitrogens with one attached hydrogen (secondary N) is 2. The number of nitrogens with two attached hydrogens (primary N) is 1. The van der Waals surface area contributed by atoms with Gasteiger partial charge in [0.15, 0.2) is 17.8 Å². The number of aromatic amines is 1. The maximum Gasteiger partial charge on any atom is 0.280 e. The molecule has 0 aromatic carbocycles. The highest BCUT2D eigenvalue weighted by Gasteiger charge is 2.09. The molecule has 0 atom stereocenters. The van der Waals surface area contributed by atoms with E-state index in [-0.39, 0.29) is 23.5 Å². The van der Waals surface area contributed by atoms with Gasteiger partial charge in [-0.2, -0.15) is 4.98 Å². The van der Waals surface area contributed by atoms with Crippen molar-refractivity contribution in [3.8, 4) is 0 Å². The number of H-pyrrole nitrogens is 1. The second-order valence-corrected chi connectivity index (χ2v) is 3.36. The predicted molar refractivity (Wildman–Crippen MR) is 62.2 cm³/mol. The first kappa shape index (κ1) is 11.9. The Hall–Kier alpha value is -2.18. The van der Waals surface area contributed by atoms with E-state index in [1.807, 2.05) is 13.8 Å². The molecular weight excluding hydrogens is 210 g/mol. The lowest BCUT2D eigenvalue weighted by atomic mass is 10.3. The fourth-order valence-corrected chi connectivity index (χ4v) is 1.08. The normalized spacial score (nSPS) is 10.9. The summed E-state index contributed by atoms with van der Waals surface area (Å²) in [6.07, 6.45) is 1.46. The average Bonchev–Trinajstić information content (AvgIpc) is 2.15. The molecule has 4 N–H and O–H groups in total. The van der Waals surface area contributed by atoms with Gasteiger partial charge in [0, 0.05) is 6.04 Å². The summed E-state index contributed by atoms with van der Waals surface area (Å²) in [5.41, 5.74) is 4.95. The lowest BCUT2D eigenvalue weighted by Crippen LogP contribution is -2.18. The molecule has 16 heavy (non-hydrogen) atoms. The summed E-state index contributed by atoms with van der Waals surface area (Å²) in [7, 11) is 0. The Morgan fingerprint density at radius 2 is 2.25 bits per heavy atom. The van der Waals surface area contributed by atoms with Gasteiger partial charge in [-0.1, -0.05) is 0 Å². The van der Waals surface area contributed by atoms with Crippen molar-refractivity contribution >= 4 is 30.0 Å². The van der Waals surface area contributed by atoms with Gasteiger partial charge < -0.3 is 11.1 Å². The smallest absolute Gasteiger partial charge is 0.280 e. The number of rotatable bonds is 4. The summed E-state index contributed by atoms with van der Waals surface area (Å²) < 4.78 is 0. The lowest BCUT2D eigenvalue weighted by Gasteiger charge is -2.10. The van der Waals surface area contributed by atoms with Crippen molar-refractivity contribution in [2.45, 2.75) is 19.9 Å². The molecule has 0 aliphatic heterocycles. The number of nitrogens with zero attached hydrogens (tertiary/aromatic N) is 2. The van der Waals surface area contributed by atoms with Gasteiger partial charge in [-0.05, 0) is 13.8 Å². The van der Waals surface area contributed by atoms with E-state index in [0.717, 1.165) is 6.21 Å². The molecule has 7 nitrogen and oxygen atoms in total. The monoisotopic (exact) mass is 223 g/mol. The predicted octanol–water partition coefficient (Wildman–Crippen LogP) is 0.0736. The molecule has 1 aromatic rings. The van der Waals surface area contributed by atoms with Gasteiger partial charge in [0.2, 0.25) is 5.95 Å². The van der Waals surface area contributed by atoms with E-state index >= 15 is 0 Å². The molecule has 0 saturated carbocycles. The Labute approximate surface area is 91.8 Å². The van der Waals surface area contributed by atoms with E-state index in [1.54, 1.807) is 0 Å². The first-order valence-electron chi connectivity index (χ1n) is 4.68. The van der Waals surface area contributed by atoms with Crippen LogP contribution in [0.3, 0.4) is 0 Å². The van der Waals surface area contributed by atoms with Gasteiger partial charge in [0.1, 0.15) is 0 Å². The minimum atomic E-state index is -0.492. The van der Waals surface area contributed by atoms with Crippen LogP contribution in [0.5, 0.6) is 0 Å². The van der Waals surface area contributed by atoms with Gasteiger partial charge in [-0.15, -0.1) is 0 Å². The minimum absolute atomic E-state index is 0.00166. The third-order valence-electron chi connectivity index (χ3n) is 1.60. The van der Waals surface area contributed by atoms with Crippen LogP contribution in [-0.2, 0) is 4.79 Å². The highest BCUT2D eigenvalue weighted by Crippen LogP contribution is 2.17. The molecule has 0 radical (unpaired) electrons. The number of nitrogen functional groups attached to an aromatic ring is 1. The largest absolute Gasteiger partial charge is 0.369 e. The first-order valence-corrected chi connectivity index (χ1v) is 4.68. The SMILES string of the molecule is CC(C)Nc1nc(N)[nH]c(=O)c1N=CC=O. The number of carbonyl (C=O) groups is 1. The maximum atomic E-state index is 11.5.